The van der Waals surface area contributed by atoms with Gasteiger partial charge < -0.3 is 14.4 Å². The van der Waals surface area contributed by atoms with Crippen LogP contribution < -0.4 is 0 Å². The summed E-state index contributed by atoms with van der Waals surface area (Å²) in [5.41, 5.74) is 2.61. The molecular weight excluding hydrogens is 545 g/mol. The third-order valence-electron chi connectivity index (χ3n) is 7.62. The summed E-state index contributed by atoms with van der Waals surface area (Å²) in [6, 6.07) is 18.0. The molecule has 1 aliphatic carbocycles. The Morgan fingerprint density at radius 2 is 1.79 bits per heavy atom. The van der Waals surface area contributed by atoms with Gasteiger partial charge in [-0.1, -0.05) is 60.3 Å². The Kier molecular flexibility index (Phi) is 9.78. The molecule has 7 heteroatoms. The molecule has 1 unspecified atom stereocenters. The Bertz CT molecular complexity index is 1220. The van der Waals surface area contributed by atoms with E-state index in [9.17, 15) is 14.0 Å². The first-order valence-electron chi connectivity index (χ1n) is 13.6. The van der Waals surface area contributed by atoms with Gasteiger partial charge in [-0.2, -0.15) is 0 Å². The lowest BCUT2D eigenvalue weighted by molar-refractivity contribution is -0.136. The van der Waals surface area contributed by atoms with Gasteiger partial charge in [-0.25, -0.2) is 4.39 Å². The third kappa shape index (κ3) is 7.13. The minimum Gasteiger partial charge on any atom is -0.345 e. The number of hydrogen-bond donors (Lipinski definition) is 0. The van der Waals surface area contributed by atoms with Crippen LogP contribution in [0, 0.1) is 5.82 Å². The highest BCUT2D eigenvalue weighted by atomic mass is 79.9. The number of aromatic nitrogens is 1. The van der Waals surface area contributed by atoms with Gasteiger partial charge in [-0.15, -0.1) is 0 Å². The van der Waals surface area contributed by atoms with Gasteiger partial charge in [-0.3, -0.25) is 9.59 Å². The van der Waals surface area contributed by atoms with Crippen molar-refractivity contribution in [2.45, 2.75) is 77.5 Å². The van der Waals surface area contributed by atoms with E-state index >= 15 is 0 Å². The second-order valence-electron chi connectivity index (χ2n) is 10.3. The third-order valence-corrected chi connectivity index (χ3v) is 8.11. The number of benzene rings is 2. The van der Waals surface area contributed by atoms with E-state index in [0.717, 1.165) is 47.8 Å². The molecule has 4 rings (SSSR count). The maximum absolute atomic E-state index is 14.0. The van der Waals surface area contributed by atoms with Crippen molar-refractivity contribution in [3.8, 4) is 0 Å². The van der Waals surface area contributed by atoms with Crippen LogP contribution in [0.2, 0.25) is 0 Å². The van der Waals surface area contributed by atoms with Crippen LogP contribution in [-0.4, -0.2) is 44.8 Å². The van der Waals surface area contributed by atoms with Crippen molar-refractivity contribution >= 4 is 27.7 Å². The van der Waals surface area contributed by atoms with Crippen LogP contribution in [0.25, 0.3) is 0 Å². The van der Waals surface area contributed by atoms with Crippen molar-refractivity contribution in [1.29, 1.82) is 0 Å². The predicted octanol–water partition coefficient (Wildman–Crippen LogP) is 7.04. The molecule has 1 aromatic heterocycles. The molecule has 3 aromatic rings. The smallest absolute Gasteiger partial charge is 0.254 e. The molecule has 0 saturated heterocycles. The van der Waals surface area contributed by atoms with Crippen LogP contribution in [-0.2, 0) is 17.9 Å². The standard InChI is InChI=1S/C31H37BrFN3O2/c1-3-23(2)35(31(38)25-9-7-10-26(32)19-25)22-30(37)36(28-11-5-4-6-12-28)21-29-13-8-18-34(29)20-24-14-16-27(33)17-15-24/h7-10,13-19,23,28H,3-6,11-12,20-22H2,1-2H3. The van der Waals surface area contributed by atoms with Gasteiger partial charge in [0.2, 0.25) is 5.91 Å². The van der Waals surface area contributed by atoms with E-state index in [1.54, 1.807) is 23.1 Å². The Morgan fingerprint density at radius 3 is 2.47 bits per heavy atom. The Hall–Kier alpha value is -2.93. The molecule has 1 atom stereocenters. The van der Waals surface area contributed by atoms with E-state index in [0.29, 0.717) is 18.7 Å². The molecule has 0 aliphatic heterocycles. The summed E-state index contributed by atoms with van der Waals surface area (Å²) < 4.78 is 16.4. The van der Waals surface area contributed by atoms with Crippen molar-refractivity contribution in [3.05, 3.63) is 94.0 Å². The van der Waals surface area contributed by atoms with Crippen LogP contribution in [0.15, 0.2) is 71.3 Å². The minimum absolute atomic E-state index is 0.0184. The summed E-state index contributed by atoms with van der Waals surface area (Å²) in [6.07, 6.45) is 8.14. The largest absolute Gasteiger partial charge is 0.345 e. The highest BCUT2D eigenvalue weighted by Crippen LogP contribution is 2.26. The zero-order valence-corrected chi connectivity index (χ0v) is 23.9. The second-order valence-corrected chi connectivity index (χ2v) is 11.2. The fourth-order valence-electron chi connectivity index (χ4n) is 5.19. The number of halogens is 2. The second kappa shape index (κ2) is 13.2. The van der Waals surface area contributed by atoms with Gasteiger partial charge in [0.1, 0.15) is 12.4 Å². The normalized spacial score (nSPS) is 14.7. The average Bonchev–Trinajstić information content (AvgIpc) is 3.37. The number of hydrogen-bond acceptors (Lipinski definition) is 2. The van der Waals surface area contributed by atoms with Gasteiger partial charge in [0, 0.05) is 40.6 Å². The number of amides is 2. The van der Waals surface area contributed by atoms with Crippen LogP contribution in [0.1, 0.15) is 74.0 Å². The molecule has 202 valence electrons. The molecule has 1 aliphatic rings. The molecule has 1 saturated carbocycles. The Morgan fingerprint density at radius 1 is 1.05 bits per heavy atom. The van der Waals surface area contributed by atoms with Crippen LogP contribution in [0.5, 0.6) is 0 Å². The van der Waals surface area contributed by atoms with Gasteiger partial charge in [0.15, 0.2) is 0 Å². The first-order chi connectivity index (χ1) is 18.4. The summed E-state index contributed by atoms with van der Waals surface area (Å²) in [5.74, 6) is -0.397. The van der Waals surface area contributed by atoms with E-state index in [1.807, 2.05) is 55.3 Å². The predicted molar refractivity (Wildman–Crippen MR) is 152 cm³/mol. The fourth-order valence-corrected chi connectivity index (χ4v) is 5.59. The lowest BCUT2D eigenvalue weighted by Crippen LogP contribution is -2.49. The van der Waals surface area contributed by atoms with Crippen molar-refractivity contribution in [3.63, 3.8) is 0 Å². The van der Waals surface area contributed by atoms with Crippen molar-refractivity contribution in [2.75, 3.05) is 6.54 Å². The highest BCUT2D eigenvalue weighted by molar-refractivity contribution is 9.10. The Balaban J connectivity index is 1.56. The lowest BCUT2D eigenvalue weighted by Gasteiger charge is -2.37. The lowest BCUT2D eigenvalue weighted by atomic mass is 9.94. The zero-order chi connectivity index (χ0) is 27.1. The van der Waals surface area contributed by atoms with Crippen LogP contribution in [0.4, 0.5) is 4.39 Å². The molecule has 38 heavy (non-hydrogen) atoms. The summed E-state index contributed by atoms with van der Waals surface area (Å²) in [4.78, 5) is 31.2. The van der Waals surface area contributed by atoms with Crippen LogP contribution in [0.3, 0.4) is 0 Å². The topological polar surface area (TPSA) is 45.6 Å². The van der Waals surface area contributed by atoms with E-state index < -0.39 is 0 Å². The van der Waals surface area contributed by atoms with Crippen molar-refractivity contribution < 1.29 is 14.0 Å². The summed E-state index contributed by atoms with van der Waals surface area (Å²) >= 11 is 3.46. The quantitative estimate of drug-likeness (QED) is 0.258. The molecular formula is C31H37BrFN3O2. The molecule has 0 spiro atoms. The maximum Gasteiger partial charge on any atom is 0.254 e. The van der Waals surface area contributed by atoms with E-state index in [2.05, 4.69) is 20.5 Å². The summed E-state index contributed by atoms with van der Waals surface area (Å²) in [5, 5.41) is 0. The minimum atomic E-state index is -0.251. The molecule has 5 nitrogen and oxygen atoms in total. The maximum atomic E-state index is 14.0. The number of rotatable bonds is 10. The zero-order valence-electron chi connectivity index (χ0n) is 22.3. The molecule has 0 radical (unpaired) electrons. The number of nitrogens with zero attached hydrogens (tertiary/aromatic N) is 3. The van der Waals surface area contributed by atoms with E-state index in [1.165, 1.54) is 18.6 Å². The first-order valence-corrected chi connectivity index (χ1v) is 14.4. The molecule has 0 N–H and O–H groups in total. The van der Waals surface area contributed by atoms with Crippen LogP contribution >= 0.6 is 15.9 Å². The van der Waals surface area contributed by atoms with E-state index in [-0.39, 0.29) is 36.3 Å². The van der Waals surface area contributed by atoms with E-state index in [4.69, 9.17) is 0 Å². The van der Waals surface area contributed by atoms with Crippen molar-refractivity contribution in [1.82, 2.24) is 14.4 Å². The van der Waals surface area contributed by atoms with Gasteiger partial charge in [0.05, 0.1) is 6.54 Å². The fraction of sp³-hybridized carbons (Fsp3) is 0.419. The number of carbonyl (C=O) groups excluding carboxylic acids is 2. The molecule has 2 aromatic carbocycles. The van der Waals surface area contributed by atoms with Gasteiger partial charge in [-0.05, 0) is 74.2 Å². The van der Waals surface area contributed by atoms with Gasteiger partial charge in [0.25, 0.3) is 5.91 Å². The average molecular weight is 583 g/mol. The van der Waals surface area contributed by atoms with Crippen molar-refractivity contribution in [2.24, 2.45) is 0 Å². The summed E-state index contributed by atoms with van der Waals surface area (Å²) in [6.45, 7) is 5.18. The monoisotopic (exact) mass is 581 g/mol. The SMILES string of the molecule is CCC(C)N(CC(=O)N(Cc1cccn1Cc1ccc(F)cc1)C1CCCCC1)C(=O)c1cccc(Br)c1. The first kappa shape index (κ1) is 28.1. The molecule has 1 fully saturated rings. The highest BCUT2D eigenvalue weighted by Gasteiger charge is 2.30. The molecule has 1 heterocycles. The van der Waals surface area contributed by atoms with Gasteiger partial charge >= 0.3 is 0 Å². The molecule has 2 amide bonds. The molecule has 0 bridgehead atoms. The number of carbonyl (C=O) groups is 2. The Labute approximate surface area is 233 Å². The summed E-state index contributed by atoms with van der Waals surface area (Å²) in [7, 11) is 0.